The molecule has 4 heteroatoms. The highest BCUT2D eigenvalue weighted by molar-refractivity contribution is 6.99. The van der Waals surface area contributed by atoms with Gasteiger partial charge in [-0.15, -0.1) is 0 Å². The van der Waals surface area contributed by atoms with E-state index in [0.717, 1.165) is 5.56 Å². The molecule has 0 aromatic heterocycles. The van der Waals surface area contributed by atoms with Gasteiger partial charge in [0, 0.05) is 12.5 Å². The van der Waals surface area contributed by atoms with Crippen molar-refractivity contribution in [2.24, 2.45) is 11.3 Å². The van der Waals surface area contributed by atoms with Gasteiger partial charge >= 0.3 is 5.97 Å². The number of carbonyl (C=O) groups is 1. The zero-order chi connectivity index (χ0) is 26.2. The Morgan fingerprint density at radius 3 is 1.75 bits per heavy atom. The van der Waals surface area contributed by atoms with Crippen molar-refractivity contribution in [3.05, 3.63) is 109 Å². The first-order valence-electron chi connectivity index (χ1n) is 12.9. The molecule has 0 aliphatic rings. The van der Waals surface area contributed by atoms with E-state index >= 15 is 0 Å². The molecule has 3 rings (SSSR count). The summed E-state index contributed by atoms with van der Waals surface area (Å²) in [5.41, 5.74) is 0.0564. The van der Waals surface area contributed by atoms with E-state index in [0.29, 0.717) is 19.4 Å². The summed E-state index contributed by atoms with van der Waals surface area (Å²) in [4.78, 5) is 13.0. The van der Waals surface area contributed by atoms with Crippen LogP contribution in [0.5, 0.6) is 0 Å². The number of rotatable bonds is 11. The van der Waals surface area contributed by atoms with E-state index in [-0.39, 0.29) is 11.0 Å². The molecule has 3 nitrogen and oxygen atoms in total. The van der Waals surface area contributed by atoms with Gasteiger partial charge in [0.05, 0.1) is 5.41 Å². The number of carboxylic acid groups (broad SMARTS) is 1. The quantitative estimate of drug-likeness (QED) is 0.242. The van der Waals surface area contributed by atoms with Crippen molar-refractivity contribution >= 4 is 24.7 Å². The smallest absolute Gasteiger partial charge is 0.310 e. The average Bonchev–Trinajstić information content (AvgIpc) is 2.88. The third kappa shape index (κ3) is 5.55. The van der Waals surface area contributed by atoms with Crippen LogP contribution in [-0.2, 0) is 15.6 Å². The van der Waals surface area contributed by atoms with Crippen molar-refractivity contribution in [3.63, 3.8) is 0 Å². The molecule has 0 saturated heterocycles. The van der Waals surface area contributed by atoms with E-state index in [1.165, 1.54) is 10.4 Å². The zero-order valence-corrected chi connectivity index (χ0v) is 23.3. The fraction of sp³-hybridized carbons (Fsp3) is 0.344. The number of hydrogen-bond acceptors (Lipinski definition) is 2. The molecule has 36 heavy (non-hydrogen) atoms. The summed E-state index contributed by atoms with van der Waals surface area (Å²) in [6.07, 6.45) is 4.98. The molecule has 0 bridgehead atoms. The zero-order valence-electron chi connectivity index (χ0n) is 22.3. The second-order valence-electron chi connectivity index (χ2n) is 10.6. The number of benzene rings is 3. The first kappa shape index (κ1) is 27.6. The van der Waals surface area contributed by atoms with E-state index in [1.54, 1.807) is 0 Å². The van der Waals surface area contributed by atoms with Crippen molar-refractivity contribution in [1.82, 2.24) is 0 Å². The molecule has 3 aromatic carbocycles. The molecule has 190 valence electrons. The largest absolute Gasteiger partial charge is 0.481 e. The SMILES string of the molecule is C/C=C/[C@@H](CO[Si](c1ccccc1)(c1ccccc1)C(C)(C)C)[C@](CC)(Cc1ccccc1)C(=O)O. The number of allylic oxidation sites excluding steroid dienone is 1. The maximum atomic E-state index is 13.0. The molecule has 0 unspecified atom stereocenters. The Bertz CT molecular complexity index is 1080. The Morgan fingerprint density at radius 2 is 1.36 bits per heavy atom. The van der Waals surface area contributed by atoms with Gasteiger partial charge in [-0.2, -0.15) is 0 Å². The lowest BCUT2D eigenvalue weighted by Crippen LogP contribution is -2.67. The molecule has 0 amide bonds. The van der Waals surface area contributed by atoms with Crippen molar-refractivity contribution in [3.8, 4) is 0 Å². The van der Waals surface area contributed by atoms with Crippen LogP contribution in [0.4, 0.5) is 0 Å². The molecule has 0 saturated carbocycles. The molecule has 3 aromatic rings. The summed E-state index contributed by atoms with van der Waals surface area (Å²) in [6, 6.07) is 31.0. The van der Waals surface area contributed by atoms with E-state index < -0.39 is 19.7 Å². The van der Waals surface area contributed by atoms with E-state index in [1.807, 2.05) is 68.5 Å². The Balaban J connectivity index is 2.12. The minimum Gasteiger partial charge on any atom is -0.481 e. The van der Waals surface area contributed by atoms with Crippen LogP contribution < -0.4 is 10.4 Å². The van der Waals surface area contributed by atoms with Crippen molar-refractivity contribution in [2.75, 3.05) is 6.61 Å². The summed E-state index contributed by atoms with van der Waals surface area (Å²) < 4.78 is 7.20. The van der Waals surface area contributed by atoms with Gasteiger partial charge in [-0.1, -0.05) is 131 Å². The van der Waals surface area contributed by atoms with Gasteiger partial charge in [0.2, 0.25) is 0 Å². The summed E-state index contributed by atoms with van der Waals surface area (Å²) in [5, 5.41) is 12.8. The fourth-order valence-corrected chi connectivity index (χ4v) is 10.1. The van der Waals surface area contributed by atoms with Crippen molar-refractivity contribution in [2.45, 2.75) is 52.5 Å². The van der Waals surface area contributed by atoms with Crippen LogP contribution in [0.25, 0.3) is 0 Å². The normalized spacial score (nSPS) is 14.9. The van der Waals surface area contributed by atoms with Gasteiger partial charge in [0.1, 0.15) is 0 Å². The Hall–Kier alpha value is -2.95. The predicted molar refractivity (Wildman–Crippen MR) is 152 cm³/mol. The van der Waals surface area contributed by atoms with E-state index in [2.05, 4.69) is 69.3 Å². The highest BCUT2D eigenvalue weighted by atomic mass is 28.4. The lowest BCUT2D eigenvalue weighted by Gasteiger charge is -2.45. The molecule has 0 aliphatic heterocycles. The number of carboxylic acids is 1. The first-order chi connectivity index (χ1) is 17.2. The molecular formula is C32H40O3Si. The highest BCUT2D eigenvalue weighted by Gasteiger charge is 2.52. The monoisotopic (exact) mass is 500 g/mol. The lowest BCUT2D eigenvalue weighted by molar-refractivity contribution is -0.152. The summed E-state index contributed by atoms with van der Waals surface area (Å²) in [6.45, 7) is 11.0. The van der Waals surface area contributed by atoms with Gasteiger partial charge in [-0.05, 0) is 40.7 Å². The molecule has 1 N–H and O–H groups in total. The van der Waals surface area contributed by atoms with Crippen LogP contribution in [0.2, 0.25) is 5.04 Å². The minimum atomic E-state index is -2.79. The average molecular weight is 501 g/mol. The Labute approximate surface area is 218 Å². The molecular weight excluding hydrogens is 460 g/mol. The standard InChI is InChI=1S/C32H40O3Si/c1-6-17-27(32(7-2,30(33)34)24-26-18-11-8-12-19-26)25-35-36(31(3,4)5,28-20-13-9-14-21-28)29-22-15-10-16-23-29/h6,8-23,27H,7,24-25H2,1-5H3,(H,33,34)/b17-6+/t27-,32-/m0/s1. The molecule has 0 fully saturated rings. The molecule has 2 atom stereocenters. The number of aliphatic carboxylic acids is 1. The summed E-state index contributed by atoms with van der Waals surface area (Å²) in [7, 11) is -2.79. The van der Waals surface area contributed by atoms with Crippen LogP contribution >= 0.6 is 0 Å². The maximum Gasteiger partial charge on any atom is 0.310 e. The first-order valence-corrected chi connectivity index (χ1v) is 14.8. The van der Waals surface area contributed by atoms with Crippen LogP contribution in [-0.4, -0.2) is 26.0 Å². The predicted octanol–water partition coefficient (Wildman–Crippen LogP) is 6.48. The lowest BCUT2D eigenvalue weighted by atomic mass is 9.69. The van der Waals surface area contributed by atoms with Crippen molar-refractivity contribution < 1.29 is 14.3 Å². The van der Waals surface area contributed by atoms with Crippen LogP contribution in [0, 0.1) is 11.3 Å². The van der Waals surface area contributed by atoms with E-state index in [9.17, 15) is 9.90 Å². The van der Waals surface area contributed by atoms with Gasteiger partial charge in [0.15, 0.2) is 0 Å². The van der Waals surface area contributed by atoms with Gasteiger partial charge in [-0.3, -0.25) is 4.79 Å². The Morgan fingerprint density at radius 1 is 0.889 bits per heavy atom. The van der Waals surface area contributed by atoms with Gasteiger partial charge in [-0.25, -0.2) is 0 Å². The van der Waals surface area contributed by atoms with Crippen LogP contribution in [0.1, 0.15) is 46.6 Å². The van der Waals surface area contributed by atoms with Crippen LogP contribution in [0.15, 0.2) is 103 Å². The minimum absolute atomic E-state index is 0.173. The molecule has 0 radical (unpaired) electrons. The fourth-order valence-electron chi connectivity index (χ4n) is 5.47. The van der Waals surface area contributed by atoms with Gasteiger partial charge < -0.3 is 9.53 Å². The summed E-state index contributed by atoms with van der Waals surface area (Å²) >= 11 is 0. The summed E-state index contributed by atoms with van der Waals surface area (Å²) in [5.74, 6) is -1.06. The maximum absolute atomic E-state index is 13.0. The van der Waals surface area contributed by atoms with Crippen LogP contribution in [0.3, 0.4) is 0 Å². The van der Waals surface area contributed by atoms with E-state index in [4.69, 9.17) is 4.43 Å². The van der Waals surface area contributed by atoms with Gasteiger partial charge in [0.25, 0.3) is 8.32 Å². The third-order valence-corrected chi connectivity index (χ3v) is 12.5. The molecule has 0 heterocycles. The highest BCUT2D eigenvalue weighted by Crippen LogP contribution is 2.41. The Kier molecular flexibility index (Phi) is 9.10. The third-order valence-electron chi connectivity index (χ3n) is 7.45. The molecule has 0 aliphatic carbocycles. The second-order valence-corrected chi connectivity index (χ2v) is 14.9. The van der Waals surface area contributed by atoms with Crippen molar-refractivity contribution in [1.29, 1.82) is 0 Å². The second kappa shape index (κ2) is 11.9. The number of hydrogen-bond donors (Lipinski definition) is 1. The molecule has 0 spiro atoms. The topological polar surface area (TPSA) is 46.5 Å².